The van der Waals surface area contributed by atoms with E-state index in [1.54, 1.807) is 18.2 Å². The zero-order chi connectivity index (χ0) is 26.1. The first-order chi connectivity index (χ1) is 17.2. The van der Waals surface area contributed by atoms with Crippen molar-refractivity contribution < 1.29 is 19.1 Å². The van der Waals surface area contributed by atoms with Crippen molar-refractivity contribution >= 4 is 40.0 Å². The van der Waals surface area contributed by atoms with Crippen LogP contribution in [0.5, 0.6) is 0 Å². The Bertz CT molecular complexity index is 1510. The van der Waals surface area contributed by atoms with E-state index in [1.165, 1.54) is 12.7 Å². The van der Waals surface area contributed by atoms with Crippen LogP contribution in [0.1, 0.15) is 63.0 Å². The normalized spacial score (nSPS) is 11.3. The number of carbonyl (C=O) groups is 3. The molecular weight excluding hydrogens is 452 g/mol. The molecule has 4 aromatic rings. The highest BCUT2D eigenvalue weighted by Crippen LogP contribution is 2.37. The van der Waals surface area contributed by atoms with Crippen molar-refractivity contribution in [3.8, 4) is 11.1 Å². The summed E-state index contributed by atoms with van der Waals surface area (Å²) in [6.45, 7) is 11.6. The molecule has 0 bridgehead atoms. The van der Waals surface area contributed by atoms with Crippen LogP contribution in [0, 0.1) is 19.8 Å². The zero-order valence-corrected chi connectivity index (χ0v) is 21.7. The number of hydrogen-bond donors (Lipinski definition) is 1. The minimum atomic E-state index is -0.567. The Hall–Kier alpha value is -3.93. The number of hydrogen-bond acceptors (Lipinski definition) is 4. The standard InChI is InChI=1S/C30H32N2O4/c1-7-32-27-14-23(21(16-33)13-24(27)25-11-18(4)10-19(5)28(25)32)22-9-8-20(12-26(22)30(35)36-6)29(34)31-15-17(2)3/h8-14,16-17H,7,15H2,1-6H3,(H,31,34). The zero-order valence-electron chi connectivity index (χ0n) is 21.7. The van der Waals surface area contributed by atoms with Crippen LogP contribution >= 0.6 is 0 Å². The first kappa shape index (κ1) is 25.2. The Morgan fingerprint density at radius 1 is 1.03 bits per heavy atom. The molecule has 0 fully saturated rings. The van der Waals surface area contributed by atoms with Gasteiger partial charge >= 0.3 is 5.97 Å². The maximum absolute atomic E-state index is 12.8. The average molecular weight is 485 g/mol. The average Bonchev–Trinajstić information content (AvgIpc) is 3.18. The smallest absolute Gasteiger partial charge is 0.338 e. The number of aryl methyl sites for hydroxylation is 3. The molecule has 1 N–H and O–H groups in total. The lowest BCUT2D eigenvalue weighted by atomic mass is 9.92. The third-order valence-electron chi connectivity index (χ3n) is 6.55. The molecule has 0 saturated carbocycles. The maximum atomic E-state index is 12.8. The Labute approximate surface area is 211 Å². The lowest BCUT2D eigenvalue weighted by Gasteiger charge is -2.14. The van der Waals surface area contributed by atoms with E-state index in [0.717, 1.165) is 40.2 Å². The van der Waals surface area contributed by atoms with E-state index in [-0.39, 0.29) is 11.5 Å². The first-order valence-electron chi connectivity index (χ1n) is 12.2. The van der Waals surface area contributed by atoms with Gasteiger partial charge in [-0.2, -0.15) is 0 Å². The van der Waals surface area contributed by atoms with E-state index in [2.05, 4.69) is 42.8 Å². The summed E-state index contributed by atoms with van der Waals surface area (Å²) in [5.74, 6) is -0.528. The van der Waals surface area contributed by atoms with Gasteiger partial charge < -0.3 is 14.6 Å². The Balaban J connectivity index is 1.97. The van der Waals surface area contributed by atoms with Crippen LogP contribution in [0.2, 0.25) is 0 Å². The second-order valence-electron chi connectivity index (χ2n) is 9.65. The first-order valence-corrected chi connectivity index (χ1v) is 12.2. The number of esters is 1. The lowest BCUT2D eigenvalue weighted by Crippen LogP contribution is -2.27. The molecular formula is C30H32N2O4. The second kappa shape index (κ2) is 9.97. The lowest BCUT2D eigenvalue weighted by molar-refractivity contribution is 0.0601. The van der Waals surface area contributed by atoms with Gasteiger partial charge in [0.2, 0.25) is 0 Å². The summed E-state index contributed by atoms with van der Waals surface area (Å²) >= 11 is 0. The molecule has 0 radical (unpaired) electrons. The van der Waals surface area contributed by atoms with Crippen LogP contribution in [0.15, 0.2) is 42.5 Å². The van der Waals surface area contributed by atoms with Crippen molar-refractivity contribution in [1.29, 1.82) is 0 Å². The van der Waals surface area contributed by atoms with Crippen LogP contribution in [0.3, 0.4) is 0 Å². The molecule has 0 saturated heterocycles. The summed E-state index contributed by atoms with van der Waals surface area (Å²) in [4.78, 5) is 37.8. The molecule has 0 unspecified atom stereocenters. The highest BCUT2D eigenvalue weighted by Gasteiger charge is 2.21. The molecule has 1 aromatic heterocycles. The van der Waals surface area contributed by atoms with Crippen molar-refractivity contribution in [3.05, 3.63) is 70.3 Å². The van der Waals surface area contributed by atoms with Crippen LogP contribution in [0.4, 0.5) is 0 Å². The minimum absolute atomic E-state index is 0.239. The molecule has 1 heterocycles. The van der Waals surface area contributed by atoms with Gasteiger partial charge in [0, 0.05) is 40.5 Å². The number of ether oxygens (including phenoxy) is 1. The van der Waals surface area contributed by atoms with Crippen molar-refractivity contribution in [3.63, 3.8) is 0 Å². The number of rotatable bonds is 7. The van der Waals surface area contributed by atoms with Crippen molar-refractivity contribution in [2.45, 2.75) is 41.2 Å². The number of carbonyl (C=O) groups excluding carboxylic acids is 3. The van der Waals surface area contributed by atoms with E-state index in [9.17, 15) is 14.4 Å². The number of nitrogens with one attached hydrogen (secondary N) is 1. The van der Waals surface area contributed by atoms with Gasteiger partial charge in [-0.25, -0.2) is 4.79 Å². The van der Waals surface area contributed by atoms with E-state index in [1.807, 2.05) is 26.0 Å². The highest BCUT2D eigenvalue weighted by molar-refractivity contribution is 6.13. The summed E-state index contributed by atoms with van der Waals surface area (Å²) in [7, 11) is 1.31. The largest absolute Gasteiger partial charge is 0.465 e. The Morgan fingerprint density at radius 2 is 1.78 bits per heavy atom. The molecule has 3 aromatic carbocycles. The maximum Gasteiger partial charge on any atom is 0.338 e. The molecule has 0 atom stereocenters. The predicted molar refractivity (Wildman–Crippen MR) is 144 cm³/mol. The van der Waals surface area contributed by atoms with Gasteiger partial charge in [-0.1, -0.05) is 31.5 Å². The summed E-state index contributed by atoms with van der Waals surface area (Å²) in [6, 6.07) is 13.1. The SMILES string of the molecule is CCn1c2cc(-c3ccc(C(=O)NCC(C)C)cc3C(=O)OC)c(C=O)cc2c2cc(C)cc(C)c21. The summed E-state index contributed by atoms with van der Waals surface area (Å²) in [5.41, 5.74) is 6.69. The summed E-state index contributed by atoms with van der Waals surface area (Å²) < 4.78 is 7.29. The van der Waals surface area contributed by atoms with Gasteiger partial charge in [-0.15, -0.1) is 0 Å². The van der Waals surface area contributed by atoms with Gasteiger partial charge in [0.15, 0.2) is 6.29 Å². The van der Waals surface area contributed by atoms with E-state index in [4.69, 9.17) is 4.74 Å². The molecule has 4 rings (SSSR count). The van der Waals surface area contributed by atoms with Crippen LogP contribution in [-0.2, 0) is 11.3 Å². The number of benzene rings is 3. The summed E-state index contributed by atoms with van der Waals surface area (Å²) in [5, 5.41) is 4.97. The molecule has 1 amide bonds. The van der Waals surface area contributed by atoms with Crippen molar-refractivity contribution in [1.82, 2.24) is 9.88 Å². The van der Waals surface area contributed by atoms with Crippen LogP contribution in [0.25, 0.3) is 32.9 Å². The van der Waals surface area contributed by atoms with Gasteiger partial charge in [-0.3, -0.25) is 9.59 Å². The quantitative estimate of drug-likeness (QED) is 0.255. The van der Waals surface area contributed by atoms with E-state index < -0.39 is 5.97 Å². The molecule has 0 aliphatic heterocycles. The van der Waals surface area contributed by atoms with Crippen LogP contribution < -0.4 is 5.32 Å². The Morgan fingerprint density at radius 3 is 2.42 bits per heavy atom. The van der Waals surface area contributed by atoms with Gasteiger partial charge in [0.05, 0.1) is 18.2 Å². The highest BCUT2D eigenvalue weighted by atomic mass is 16.5. The van der Waals surface area contributed by atoms with Gasteiger partial charge in [-0.05, 0) is 73.7 Å². The number of fused-ring (bicyclic) bond motifs is 3. The fraction of sp³-hybridized carbons (Fsp3) is 0.300. The fourth-order valence-electron chi connectivity index (χ4n) is 4.95. The second-order valence-corrected chi connectivity index (χ2v) is 9.65. The predicted octanol–water partition coefficient (Wildman–Crippen LogP) is 6.08. The molecule has 36 heavy (non-hydrogen) atoms. The summed E-state index contributed by atoms with van der Waals surface area (Å²) in [6.07, 6.45) is 0.816. The van der Waals surface area contributed by atoms with Gasteiger partial charge in [0.25, 0.3) is 5.91 Å². The topological polar surface area (TPSA) is 77.4 Å². The van der Waals surface area contributed by atoms with Crippen molar-refractivity contribution in [2.75, 3.05) is 13.7 Å². The third kappa shape index (κ3) is 4.39. The third-order valence-corrected chi connectivity index (χ3v) is 6.55. The monoisotopic (exact) mass is 484 g/mol. The van der Waals surface area contributed by atoms with Gasteiger partial charge in [0.1, 0.15) is 0 Å². The molecule has 186 valence electrons. The molecule has 6 heteroatoms. The number of methoxy groups -OCH3 is 1. The van der Waals surface area contributed by atoms with E-state index in [0.29, 0.717) is 34.7 Å². The van der Waals surface area contributed by atoms with Crippen LogP contribution in [-0.4, -0.2) is 36.4 Å². The number of aromatic nitrogens is 1. The van der Waals surface area contributed by atoms with Crippen molar-refractivity contribution in [2.24, 2.45) is 5.92 Å². The number of nitrogens with zero attached hydrogens (tertiary/aromatic N) is 1. The van der Waals surface area contributed by atoms with E-state index >= 15 is 0 Å². The Kier molecular flexibility index (Phi) is 6.97. The molecule has 0 aliphatic carbocycles. The molecule has 0 spiro atoms. The number of amides is 1. The molecule has 0 aliphatic rings. The minimum Gasteiger partial charge on any atom is -0.465 e. The molecule has 6 nitrogen and oxygen atoms in total. The fourth-order valence-corrected chi connectivity index (χ4v) is 4.95. The number of aldehydes is 1.